The van der Waals surface area contributed by atoms with Gasteiger partial charge in [-0.2, -0.15) is 0 Å². The number of esters is 1. The van der Waals surface area contributed by atoms with Crippen LogP contribution in [0.2, 0.25) is 0 Å². The van der Waals surface area contributed by atoms with E-state index >= 15 is 0 Å². The summed E-state index contributed by atoms with van der Waals surface area (Å²) in [4.78, 5) is 55.7. The molecule has 0 aliphatic carbocycles. The molecule has 166 valence electrons. The van der Waals surface area contributed by atoms with Gasteiger partial charge in [0.15, 0.2) is 0 Å². The molecule has 2 atom stereocenters. The van der Waals surface area contributed by atoms with Gasteiger partial charge in [0.1, 0.15) is 0 Å². The highest BCUT2D eigenvalue weighted by molar-refractivity contribution is 6.22. The van der Waals surface area contributed by atoms with Crippen molar-refractivity contribution in [2.45, 2.75) is 45.1 Å². The van der Waals surface area contributed by atoms with Crippen molar-refractivity contribution in [3.05, 3.63) is 29.8 Å². The van der Waals surface area contributed by atoms with Gasteiger partial charge in [-0.3, -0.25) is 19.3 Å². The first kappa shape index (κ1) is 21.5. The molecule has 3 fully saturated rings. The third-order valence-corrected chi connectivity index (χ3v) is 6.42. The molecule has 1 aromatic rings. The first-order valence-corrected chi connectivity index (χ1v) is 11.2. The lowest BCUT2D eigenvalue weighted by Gasteiger charge is -2.36. The molecule has 4 rings (SSSR count). The number of ether oxygens (including phenoxy) is 1. The molecule has 1 aromatic carbocycles. The number of carbonyl (C=O) groups is 4. The van der Waals surface area contributed by atoms with Crippen LogP contribution in [0.4, 0.5) is 5.69 Å². The molecule has 8 nitrogen and oxygen atoms in total. The van der Waals surface area contributed by atoms with Crippen LogP contribution in [-0.4, -0.2) is 72.3 Å². The second-order valence-electron chi connectivity index (χ2n) is 8.42. The number of piperidine rings is 1. The van der Waals surface area contributed by atoms with Crippen LogP contribution in [0.25, 0.3) is 0 Å². The molecule has 0 saturated carbocycles. The molecule has 0 unspecified atom stereocenters. The SMILES string of the molecule is CCOC(=O)c1ccc(N2C(=O)C[C@H](N3CCC[C@H](C(=O)N4CCCC4)C3)C2=O)cc1. The number of carbonyl (C=O) groups excluding carboxylic acids is 4. The lowest BCUT2D eigenvalue weighted by Crippen LogP contribution is -2.50. The molecule has 3 aliphatic rings. The highest BCUT2D eigenvalue weighted by Gasteiger charge is 2.44. The summed E-state index contributed by atoms with van der Waals surface area (Å²) in [7, 11) is 0. The van der Waals surface area contributed by atoms with E-state index in [0.29, 0.717) is 24.3 Å². The number of likely N-dealkylation sites (tertiary alicyclic amines) is 2. The molecule has 0 N–H and O–H groups in total. The summed E-state index contributed by atoms with van der Waals surface area (Å²) >= 11 is 0. The molecule has 31 heavy (non-hydrogen) atoms. The molecular weight excluding hydrogens is 398 g/mol. The van der Waals surface area contributed by atoms with Crippen molar-refractivity contribution in [1.29, 1.82) is 0 Å². The van der Waals surface area contributed by atoms with Gasteiger partial charge in [0.25, 0.3) is 5.91 Å². The lowest BCUT2D eigenvalue weighted by molar-refractivity contribution is -0.137. The average molecular weight is 428 g/mol. The number of hydrogen-bond donors (Lipinski definition) is 0. The predicted octanol–water partition coefficient (Wildman–Crippen LogP) is 1.83. The van der Waals surface area contributed by atoms with Gasteiger partial charge in [0, 0.05) is 19.6 Å². The van der Waals surface area contributed by atoms with Crippen LogP contribution in [0.15, 0.2) is 24.3 Å². The van der Waals surface area contributed by atoms with Gasteiger partial charge in [-0.25, -0.2) is 9.69 Å². The summed E-state index contributed by atoms with van der Waals surface area (Å²) in [5, 5.41) is 0. The van der Waals surface area contributed by atoms with E-state index in [1.165, 1.54) is 4.90 Å². The van der Waals surface area contributed by atoms with Crippen molar-refractivity contribution in [3.8, 4) is 0 Å². The maximum atomic E-state index is 13.1. The van der Waals surface area contributed by atoms with Gasteiger partial charge in [0.05, 0.1) is 36.2 Å². The number of amides is 3. The van der Waals surface area contributed by atoms with Gasteiger partial charge >= 0.3 is 5.97 Å². The second kappa shape index (κ2) is 9.18. The van der Waals surface area contributed by atoms with Crippen molar-refractivity contribution in [2.24, 2.45) is 5.92 Å². The van der Waals surface area contributed by atoms with E-state index in [9.17, 15) is 19.2 Å². The summed E-state index contributed by atoms with van der Waals surface area (Å²) in [5.74, 6) is -0.874. The van der Waals surface area contributed by atoms with E-state index < -0.39 is 12.0 Å². The Morgan fingerprint density at radius 2 is 1.74 bits per heavy atom. The van der Waals surface area contributed by atoms with Crippen LogP contribution in [0, 0.1) is 5.92 Å². The van der Waals surface area contributed by atoms with E-state index in [0.717, 1.165) is 38.8 Å². The second-order valence-corrected chi connectivity index (χ2v) is 8.42. The van der Waals surface area contributed by atoms with Crippen LogP contribution in [0.3, 0.4) is 0 Å². The van der Waals surface area contributed by atoms with E-state index in [-0.39, 0.29) is 36.7 Å². The zero-order chi connectivity index (χ0) is 22.0. The molecule has 3 amide bonds. The van der Waals surface area contributed by atoms with Crippen LogP contribution in [0.5, 0.6) is 0 Å². The topological polar surface area (TPSA) is 87.2 Å². The number of anilines is 1. The Hall–Kier alpha value is -2.74. The van der Waals surface area contributed by atoms with Crippen LogP contribution in [0.1, 0.15) is 49.4 Å². The van der Waals surface area contributed by atoms with E-state index in [2.05, 4.69) is 0 Å². The molecule has 0 aromatic heterocycles. The van der Waals surface area contributed by atoms with Crippen molar-refractivity contribution in [1.82, 2.24) is 9.80 Å². The molecule has 3 saturated heterocycles. The Kier molecular flexibility index (Phi) is 6.36. The average Bonchev–Trinajstić information content (AvgIpc) is 3.42. The summed E-state index contributed by atoms with van der Waals surface area (Å²) in [6.45, 7) is 4.90. The maximum absolute atomic E-state index is 13.1. The smallest absolute Gasteiger partial charge is 0.338 e. The molecule has 0 radical (unpaired) electrons. The summed E-state index contributed by atoms with van der Waals surface area (Å²) in [6, 6.07) is 5.78. The largest absolute Gasteiger partial charge is 0.462 e. The molecule has 0 spiro atoms. The number of rotatable bonds is 5. The Morgan fingerprint density at radius 1 is 1.03 bits per heavy atom. The van der Waals surface area contributed by atoms with E-state index in [4.69, 9.17) is 4.74 Å². The van der Waals surface area contributed by atoms with E-state index in [1.54, 1.807) is 31.2 Å². The molecule has 3 heterocycles. The number of hydrogen-bond acceptors (Lipinski definition) is 6. The van der Waals surface area contributed by atoms with Gasteiger partial charge in [-0.05, 0) is 63.4 Å². The number of nitrogens with zero attached hydrogens (tertiary/aromatic N) is 3. The van der Waals surface area contributed by atoms with Crippen molar-refractivity contribution >= 4 is 29.4 Å². The third-order valence-electron chi connectivity index (χ3n) is 6.42. The highest BCUT2D eigenvalue weighted by Crippen LogP contribution is 2.30. The van der Waals surface area contributed by atoms with Crippen molar-refractivity contribution in [2.75, 3.05) is 37.7 Å². The maximum Gasteiger partial charge on any atom is 0.338 e. The Bertz CT molecular complexity index is 862. The van der Waals surface area contributed by atoms with Crippen LogP contribution >= 0.6 is 0 Å². The quantitative estimate of drug-likeness (QED) is 0.526. The van der Waals surface area contributed by atoms with Gasteiger partial charge in [-0.15, -0.1) is 0 Å². The van der Waals surface area contributed by atoms with Crippen LogP contribution in [-0.2, 0) is 19.1 Å². The first-order valence-electron chi connectivity index (χ1n) is 11.2. The Morgan fingerprint density at radius 3 is 2.42 bits per heavy atom. The molecule has 3 aliphatic heterocycles. The zero-order valence-corrected chi connectivity index (χ0v) is 17.9. The monoisotopic (exact) mass is 427 g/mol. The molecule has 8 heteroatoms. The number of benzene rings is 1. The summed E-state index contributed by atoms with van der Waals surface area (Å²) in [5.41, 5.74) is 0.827. The molecular formula is C23H29N3O5. The number of imide groups is 1. The minimum atomic E-state index is -0.536. The van der Waals surface area contributed by atoms with Crippen molar-refractivity contribution in [3.63, 3.8) is 0 Å². The minimum absolute atomic E-state index is 0.104. The third kappa shape index (κ3) is 4.35. The first-order chi connectivity index (χ1) is 15.0. The van der Waals surface area contributed by atoms with E-state index in [1.807, 2.05) is 9.80 Å². The zero-order valence-electron chi connectivity index (χ0n) is 17.9. The fourth-order valence-corrected chi connectivity index (χ4v) is 4.82. The van der Waals surface area contributed by atoms with Crippen LogP contribution < -0.4 is 4.90 Å². The molecule has 0 bridgehead atoms. The van der Waals surface area contributed by atoms with Crippen molar-refractivity contribution < 1.29 is 23.9 Å². The Labute approximate surface area is 182 Å². The normalized spacial score (nSPS) is 24.7. The lowest BCUT2D eigenvalue weighted by atomic mass is 9.95. The van der Waals surface area contributed by atoms with Gasteiger partial charge < -0.3 is 9.64 Å². The summed E-state index contributed by atoms with van der Waals surface area (Å²) < 4.78 is 4.97. The highest BCUT2D eigenvalue weighted by atomic mass is 16.5. The summed E-state index contributed by atoms with van der Waals surface area (Å²) in [6.07, 6.45) is 3.91. The minimum Gasteiger partial charge on any atom is -0.462 e. The van der Waals surface area contributed by atoms with Gasteiger partial charge in [0.2, 0.25) is 11.8 Å². The predicted molar refractivity (Wildman–Crippen MR) is 113 cm³/mol. The Balaban J connectivity index is 1.44. The standard InChI is InChI=1S/C23H29N3O5/c1-2-31-23(30)16-7-9-18(10-8-16)26-20(27)14-19(22(26)29)25-13-5-6-17(15-25)21(28)24-11-3-4-12-24/h7-10,17,19H,2-6,11-15H2,1H3/t17-,19-/m0/s1. The fourth-order valence-electron chi connectivity index (χ4n) is 4.82. The van der Waals surface area contributed by atoms with Gasteiger partial charge in [-0.1, -0.05) is 0 Å². The fraction of sp³-hybridized carbons (Fsp3) is 0.565.